The van der Waals surface area contributed by atoms with E-state index in [1.807, 2.05) is 6.07 Å². The maximum absolute atomic E-state index is 12.6. The summed E-state index contributed by atoms with van der Waals surface area (Å²) in [6.45, 7) is 6.26. The van der Waals surface area contributed by atoms with Crippen LogP contribution in [0, 0.1) is 5.92 Å². The molecule has 1 atom stereocenters. The molecule has 1 saturated heterocycles. The maximum atomic E-state index is 12.6. The summed E-state index contributed by atoms with van der Waals surface area (Å²) in [5, 5.41) is 10.0. The Balaban J connectivity index is 1.52. The topological polar surface area (TPSA) is 81.7 Å². The number of rotatable bonds is 4. The van der Waals surface area contributed by atoms with E-state index in [0.717, 1.165) is 42.9 Å². The van der Waals surface area contributed by atoms with Gasteiger partial charge >= 0.3 is 0 Å². The summed E-state index contributed by atoms with van der Waals surface area (Å²) in [4.78, 5) is 24.9. The molecule has 7 heteroatoms. The van der Waals surface area contributed by atoms with Gasteiger partial charge in [-0.1, -0.05) is 13.0 Å². The Morgan fingerprint density at radius 2 is 2.21 bits per heavy atom. The number of nitrogens with zero attached hydrogens (tertiary/aromatic N) is 3. The minimum Gasteiger partial charge on any atom is -0.504 e. The highest BCUT2D eigenvalue weighted by atomic mass is 16.5. The van der Waals surface area contributed by atoms with Gasteiger partial charge in [-0.25, -0.2) is 4.98 Å². The van der Waals surface area contributed by atoms with Crippen LogP contribution in [0.1, 0.15) is 36.6 Å². The molecule has 7 nitrogen and oxygen atoms in total. The fourth-order valence-electron chi connectivity index (χ4n) is 4.24. The molecule has 4 rings (SSSR count). The number of piperidine rings is 1. The summed E-state index contributed by atoms with van der Waals surface area (Å²) >= 11 is 0. The maximum Gasteiger partial charge on any atom is 0.255 e. The molecule has 1 aromatic carbocycles. The van der Waals surface area contributed by atoms with E-state index in [2.05, 4.69) is 21.7 Å². The summed E-state index contributed by atoms with van der Waals surface area (Å²) < 4.78 is 5.11. The third kappa shape index (κ3) is 3.85. The lowest BCUT2D eigenvalue weighted by Gasteiger charge is -2.33. The Labute approximate surface area is 165 Å². The number of benzene rings is 1. The van der Waals surface area contributed by atoms with Crippen molar-refractivity contribution < 1.29 is 9.84 Å². The van der Waals surface area contributed by atoms with Gasteiger partial charge in [0.1, 0.15) is 0 Å². The second kappa shape index (κ2) is 7.83. The van der Waals surface area contributed by atoms with Gasteiger partial charge in [0.2, 0.25) is 5.95 Å². The van der Waals surface area contributed by atoms with Crippen molar-refractivity contribution in [1.29, 1.82) is 0 Å². The summed E-state index contributed by atoms with van der Waals surface area (Å²) in [7, 11) is 1.54. The molecular weight excluding hydrogens is 356 g/mol. The van der Waals surface area contributed by atoms with Crippen molar-refractivity contribution in [3.05, 3.63) is 45.4 Å². The molecule has 0 spiro atoms. The molecule has 0 amide bonds. The van der Waals surface area contributed by atoms with Gasteiger partial charge in [-0.05, 0) is 42.9 Å². The number of hydrogen-bond donors (Lipinski definition) is 2. The van der Waals surface area contributed by atoms with Crippen molar-refractivity contribution in [3.63, 3.8) is 0 Å². The van der Waals surface area contributed by atoms with E-state index in [-0.39, 0.29) is 11.3 Å². The summed E-state index contributed by atoms with van der Waals surface area (Å²) in [5.41, 5.74) is 2.69. The molecule has 2 aliphatic rings. The SMILES string of the molecule is COc1ccc(CN2CCc3c(nc(N4CCC[C@@H](C)C4)[nH]c3=O)C2)cc1O. The number of aromatic amines is 1. The van der Waals surface area contributed by atoms with E-state index in [0.29, 0.717) is 37.1 Å². The van der Waals surface area contributed by atoms with E-state index in [1.165, 1.54) is 6.42 Å². The van der Waals surface area contributed by atoms with E-state index in [4.69, 9.17) is 9.72 Å². The van der Waals surface area contributed by atoms with E-state index in [9.17, 15) is 9.90 Å². The number of aromatic hydroxyl groups is 1. The predicted octanol–water partition coefficient (Wildman–Crippen LogP) is 2.28. The Kier molecular flexibility index (Phi) is 5.26. The summed E-state index contributed by atoms with van der Waals surface area (Å²) in [5.74, 6) is 1.95. The minimum absolute atomic E-state index is 0.0000292. The summed E-state index contributed by atoms with van der Waals surface area (Å²) in [6.07, 6.45) is 3.06. The fraction of sp³-hybridized carbons (Fsp3) is 0.524. The van der Waals surface area contributed by atoms with Crippen molar-refractivity contribution >= 4 is 5.95 Å². The first-order valence-electron chi connectivity index (χ1n) is 9.98. The van der Waals surface area contributed by atoms with Gasteiger partial charge in [0.25, 0.3) is 5.56 Å². The second-order valence-corrected chi connectivity index (χ2v) is 7.98. The van der Waals surface area contributed by atoms with Crippen molar-refractivity contribution in [2.75, 3.05) is 31.6 Å². The summed E-state index contributed by atoms with van der Waals surface area (Å²) in [6, 6.07) is 5.47. The smallest absolute Gasteiger partial charge is 0.255 e. The first-order valence-corrected chi connectivity index (χ1v) is 9.98. The molecule has 0 saturated carbocycles. The lowest BCUT2D eigenvalue weighted by atomic mass is 10.0. The molecule has 2 aliphatic heterocycles. The fourth-order valence-corrected chi connectivity index (χ4v) is 4.24. The molecule has 2 N–H and O–H groups in total. The number of phenolic OH excluding ortho intramolecular Hbond substituents is 1. The zero-order valence-corrected chi connectivity index (χ0v) is 16.6. The molecule has 0 radical (unpaired) electrons. The van der Waals surface area contributed by atoms with Gasteiger partial charge in [-0.15, -0.1) is 0 Å². The second-order valence-electron chi connectivity index (χ2n) is 7.98. The lowest BCUT2D eigenvalue weighted by Crippen LogP contribution is -2.39. The molecule has 0 aliphatic carbocycles. The third-order valence-electron chi connectivity index (χ3n) is 5.75. The van der Waals surface area contributed by atoms with Crippen LogP contribution in [-0.2, 0) is 19.5 Å². The largest absolute Gasteiger partial charge is 0.504 e. The van der Waals surface area contributed by atoms with E-state index in [1.54, 1.807) is 19.2 Å². The average Bonchev–Trinajstić information content (AvgIpc) is 2.68. The monoisotopic (exact) mass is 384 g/mol. The van der Waals surface area contributed by atoms with Crippen molar-refractivity contribution in [3.8, 4) is 11.5 Å². The van der Waals surface area contributed by atoms with E-state index >= 15 is 0 Å². The Morgan fingerprint density at radius 3 is 2.96 bits per heavy atom. The molecule has 0 unspecified atom stereocenters. The van der Waals surface area contributed by atoms with Gasteiger partial charge < -0.3 is 14.7 Å². The minimum atomic E-state index is -0.0000292. The van der Waals surface area contributed by atoms with Gasteiger partial charge in [0.05, 0.1) is 12.8 Å². The highest BCUT2D eigenvalue weighted by Crippen LogP contribution is 2.28. The van der Waals surface area contributed by atoms with Crippen LogP contribution in [0.25, 0.3) is 0 Å². The number of H-pyrrole nitrogens is 1. The molecule has 150 valence electrons. The Morgan fingerprint density at radius 1 is 1.36 bits per heavy atom. The van der Waals surface area contributed by atoms with Crippen LogP contribution in [0.2, 0.25) is 0 Å². The first kappa shape index (κ1) is 18.8. The normalized spacial score (nSPS) is 20.1. The van der Waals surface area contributed by atoms with Gasteiger partial charge in [-0.2, -0.15) is 0 Å². The van der Waals surface area contributed by atoms with Crippen molar-refractivity contribution in [2.45, 2.75) is 39.3 Å². The van der Waals surface area contributed by atoms with Crippen LogP contribution in [-0.4, -0.2) is 46.7 Å². The number of methoxy groups -OCH3 is 1. The van der Waals surface area contributed by atoms with Crippen LogP contribution < -0.4 is 15.2 Å². The molecule has 1 fully saturated rings. The highest BCUT2D eigenvalue weighted by Gasteiger charge is 2.24. The van der Waals surface area contributed by atoms with Crippen LogP contribution in [0.15, 0.2) is 23.0 Å². The first-order chi connectivity index (χ1) is 13.5. The van der Waals surface area contributed by atoms with Crippen LogP contribution in [0.5, 0.6) is 11.5 Å². The molecule has 0 bridgehead atoms. The standard InChI is InChI=1S/C21H28N4O3/c1-14-4-3-8-25(11-14)21-22-17-13-24(9-7-16(17)20(27)23-21)12-15-5-6-19(28-2)18(26)10-15/h5-6,10,14,26H,3-4,7-9,11-13H2,1-2H3,(H,22,23,27)/t14-/m1/s1. The Bertz CT molecular complexity index is 911. The number of hydrogen-bond acceptors (Lipinski definition) is 6. The zero-order valence-electron chi connectivity index (χ0n) is 16.6. The molecule has 28 heavy (non-hydrogen) atoms. The van der Waals surface area contributed by atoms with Gasteiger partial charge in [-0.3, -0.25) is 14.7 Å². The molecule has 3 heterocycles. The number of ether oxygens (including phenoxy) is 1. The molecular formula is C21H28N4O3. The quantitative estimate of drug-likeness (QED) is 0.842. The zero-order chi connectivity index (χ0) is 19.7. The number of phenols is 1. The highest BCUT2D eigenvalue weighted by molar-refractivity contribution is 5.42. The number of nitrogens with one attached hydrogen (secondary N) is 1. The Hall–Kier alpha value is -2.54. The number of anilines is 1. The van der Waals surface area contributed by atoms with Crippen LogP contribution in [0.4, 0.5) is 5.95 Å². The van der Waals surface area contributed by atoms with Crippen LogP contribution in [0.3, 0.4) is 0 Å². The molecule has 2 aromatic rings. The number of aromatic nitrogens is 2. The third-order valence-corrected chi connectivity index (χ3v) is 5.75. The number of fused-ring (bicyclic) bond motifs is 1. The molecule has 1 aromatic heterocycles. The van der Waals surface area contributed by atoms with Crippen molar-refractivity contribution in [2.24, 2.45) is 5.92 Å². The van der Waals surface area contributed by atoms with Crippen LogP contribution >= 0.6 is 0 Å². The lowest BCUT2D eigenvalue weighted by molar-refractivity contribution is 0.240. The van der Waals surface area contributed by atoms with Crippen molar-refractivity contribution in [1.82, 2.24) is 14.9 Å². The van der Waals surface area contributed by atoms with Gasteiger partial charge in [0.15, 0.2) is 11.5 Å². The van der Waals surface area contributed by atoms with Gasteiger partial charge in [0, 0.05) is 38.3 Å². The predicted molar refractivity (Wildman–Crippen MR) is 108 cm³/mol. The average molecular weight is 384 g/mol. The van der Waals surface area contributed by atoms with E-state index < -0.39 is 0 Å².